The molecule has 144 valence electrons. The fourth-order valence-corrected chi connectivity index (χ4v) is 4.89. The highest BCUT2D eigenvalue weighted by Gasteiger charge is 2.24. The third kappa shape index (κ3) is 7.47. The molecule has 6 heteroatoms. The van der Waals surface area contributed by atoms with Gasteiger partial charge < -0.3 is 15.5 Å². The summed E-state index contributed by atoms with van der Waals surface area (Å²) in [7, 11) is 3.57. The number of amides is 1. The van der Waals surface area contributed by atoms with E-state index in [2.05, 4.69) is 34.3 Å². The first-order valence-electron chi connectivity index (χ1n) is 9.97. The van der Waals surface area contributed by atoms with Crippen molar-refractivity contribution >= 4 is 23.6 Å². The zero-order valence-electron chi connectivity index (χ0n) is 16.2. The van der Waals surface area contributed by atoms with E-state index in [0.717, 1.165) is 11.2 Å². The number of carbonyl (C=O) groups is 1. The number of guanidine groups is 1. The second-order valence-electron chi connectivity index (χ2n) is 7.52. The zero-order chi connectivity index (χ0) is 18.1. The van der Waals surface area contributed by atoms with E-state index in [1.807, 2.05) is 0 Å². The second kappa shape index (κ2) is 10.9. The molecule has 2 aliphatic rings. The second-order valence-corrected chi connectivity index (χ2v) is 9.09. The van der Waals surface area contributed by atoms with Crippen LogP contribution in [0, 0.1) is 0 Å². The molecule has 2 aliphatic carbocycles. The topological polar surface area (TPSA) is 56.7 Å². The van der Waals surface area contributed by atoms with E-state index in [9.17, 15) is 4.79 Å². The lowest BCUT2D eigenvalue weighted by molar-refractivity contribution is -0.127. The Morgan fingerprint density at radius 2 is 1.72 bits per heavy atom. The molecular formula is C19H36N4OS. The van der Waals surface area contributed by atoms with Crippen LogP contribution in [0.2, 0.25) is 0 Å². The maximum Gasteiger partial charge on any atom is 0.243 e. The number of aliphatic imine (C=N–C) groups is 1. The molecule has 2 saturated carbocycles. The molecule has 2 unspecified atom stereocenters. The predicted octanol–water partition coefficient (Wildman–Crippen LogP) is 3.01. The fraction of sp³-hybridized carbons (Fsp3) is 0.895. The Hall–Kier alpha value is -0.910. The van der Waals surface area contributed by atoms with Crippen molar-refractivity contribution < 1.29 is 4.79 Å². The van der Waals surface area contributed by atoms with E-state index in [0.29, 0.717) is 12.1 Å². The molecule has 0 bridgehead atoms. The van der Waals surface area contributed by atoms with Gasteiger partial charge in [-0.15, -0.1) is 0 Å². The molecule has 0 heterocycles. The molecule has 2 N–H and O–H groups in total. The predicted molar refractivity (Wildman–Crippen MR) is 108 cm³/mol. The Labute approximate surface area is 157 Å². The smallest absolute Gasteiger partial charge is 0.243 e. The average Bonchev–Trinajstić information content (AvgIpc) is 2.61. The molecule has 2 fully saturated rings. The highest BCUT2D eigenvalue weighted by atomic mass is 32.2. The summed E-state index contributed by atoms with van der Waals surface area (Å²) in [5.74, 6) is 2.08. The first-order chi connectivity index (χ1) is 12.1. The zero-order valence-corrected chi connectivity index (χ0v) is 17.0. The first kappa shape index (κ1) is 20.4. The summed E-state index contributed by atoms with van der Waals surface area (Å²) in [5, 5.41) is 8.01. The summed E-state index contributed by atoms with van der Waals surface area (Å²) < 4.78 is 0. The van der Waals surface area contributed by atoms with Crippen molar-refractivity contribution in [2.45, 2.75) is 82.0 Å². The van der Waals surface area contributed by atoms with Crippen LogP contribution in [-0.4, -0.2) is 60.5 Å². The average molecular weight is 369 g/mol. The van der Waals surface area contributed by atoms with Gasteiger partial charge in [0.2, 0.25) is 5.91 Å². The van der Waals surface area contributed by atoms with Crippen molar-refractivity contribution in [3.63, 3.8) is 0 Å². The maximum absolute atomic E-state index is 11.9. The lowest BCUT2D eigenvalue weighted by atomic mass is 9.94. The molecule has 0 aromatic heterocycles. The third-order valence-corrected chi connectivity index (χ3v) is 6.42. The molecule has 1 amide bonds. The number of hydrogen-bond acceptors (Lipinski definition) is 3. The molecule has 25 heavy (non-hydrogen) atoms. The van der Waals surface area contributed by atoms with Crippen molar-refractivity contribution in [1.29, 1.82) is 0 Å². The van der Waals surface area contributed by atoms with Crippen LogP contribution in [-0.2, 0) is 4.79 Å². The molecule has 0 aromatic rings. The molecular weight excluding hydrogens is 332 g/mol. The highest BCUT2D eigenvalue weighted by Crippen LogP contribution is 2.28. The normalized spacial score (nSPS) is 25.5. The minimum Gasteiger partial charge on any atom is -0.354 e. The Balaban J connectivity index is 1.94. The quantitative estimate of drug-likeness (QED) is 0.559. The van der Waals surface area contributed by atoms with Crippen LogP contribution >= 0.6 is 11.8 Å². The Kier molecular flexibility index (Phi) is 8.93. The highest BCUT2D eigenvalue weighted by molar-refractivity contribution is 7.99. The molecule has 2 rings (SSSR count). The van der Waals surface area contributed by atoms with Gasteiger partial charge in [0.25, 0.3) is 0 Å². The Bertz CT molecular complexity index is 433. The third-order valence-electron chi connectivity index (χ3n) is 5.19. The van der Waals surface area contributed by atoms with Gasteiger partial charge in [0, 0.05) is 31.4 Å². The van der Waals surface area contributed by atoms with E-state index in [1.165, 1.54) is 63.5 Å². The lowest BCUT2D eigenvalue weighted by Gasteiger charge is -2.32. The molecule has 5 nitrogen and oxygen atoms in total. The molecule has 0 aliphatic heterocycles. The van der Waals surface area contributed by atoms with Crippen molar-refractivity contribution in [2.24, 2.45) is 4.99 Å². The number of rotatable bonds is 6. The van der Waals surface area contributed by atoms with Gasteiger partial charge in [-0.05, 0) is 37.9 Å². The van der Waals surface area contributed by atoms with Crippen molar-refractivity contribution in [3.8, 4) is 0 Å². The van der Waals surface area contributed by atoms with Crippen molar-refractivity contribution in [1.82, 2.24) is 15.5 Å². The van der Waals surface area contributed by atoms with Gasteiger partial charge in [-0.25, -0.2) is 4.99 Å². The van der Waals surface area contributed by atoms with Gasteiger partial charge in [0.15, 0.2) is 5.96 Å². The summed E-state index contributed by atoms with van der Waals surface area (Å²) in [5.41, 5.74) is 0. The van der Waals surface area contributed by atoms with Gasteiger partial charge in [-0.2, -0.15) is 11.8 Å². The maximum atomic E-state index is 11.9. The number of nitrogens with zero attached hydrogens (tertiary/aromatic N) is 2. The number of hydrogen-bond donors (Lipinski definition) is 2. The van der Waals surface area contributed by atoms with Gasteiger partial charge in [0.1, 0.15) is 6.54 Å². The minimum absolute atomic E-state index is 0.0489. The summed E-state index contributed by atoms with van der Waals surface area (Å²) in [4.78, 5) is 18.1. The van der Waals surface area contributed by atoms with Crippen LogP contribution in [0.1, 0.15) is 64.7 Å². The number of carbonyl (C=O) groups excluding carboxylic acids is 1. The van der Waals surface area contributed by atoms with Crippen LogP contribution in [0.3, 0.4) is 0 Å². The van der Waals surface area contributed by atoms with Crippen molar-refractivity contribution in [2.75, 3.05) is 26.4 Å². The number of likely N-dealkylation sites (N-methyl/N-ethyl adjacent to an activating group) is 1. The summed E-state index contributed by atoms with van der Waals surface area (Å²) in [6.07, 6.45) is 11.4. The SMILES string of the molecule is CCSC1CCCC(NC(=NCC(=O)N(C)C)NC2CCCCC2)C1. The number of thioether (sulfide) groups is 1. The number of nitrogens with one attached hydrogen (secondary N) is 2. The monoisotopic (exact) mass is 368 g/mol. The Morgan fingerprint density at radius 1 is 1.04 bits per heavy atom. The van der Waals surface area contributed by atoms with E-state index < -0.39 is 0 Å². The van der Waals surface area contributed by atoms with E-state index in [-0.39, 0.29) is 12.5 Å². The summed E-state index contributed by atoms with van der Waals surface area (Å²) in [6, 6.07) is 0.973. The molecule has 2 atom stereocenters. The van der Waals surface area contributed by atoms with E-state index in [4.69, 9.17) is 0 Å². The summed E-state index contributed by atoms with van der Waals surface area (Å²) >= 11 is 2.08. The standard InChI is InChI=1S/C19H36N4OS/c1-4-25-17-12-8-11-16(13-17)22-19(20-14-18(24)23(2)3)21-15-9-6-5-7-10-15/h15-17H,4-14H2,1-3H3,(H2,20,21,22). The molecule has 0 radical (unpaired) electrons. The largest absolute Gasteiger partial charge is 0.354 e. The van der Waals surface area contributed by atoms with Crippen LogP contribution in [0.15, 0.2) is 4.99 Å². The van der Waals surface area contributed by atoms with Crippen LogP contribution < -0.4 is 10.6 Å². The van der Waals surface area contributed by atoms with Crippen LogP contribution in [0.4, 0.5) is 0 Å². The van der Waals surface area contributed by atoms with Gasteiger partial charge in [-0.1, -0.05) is 32.6 Å². The molecule has 0 saturated heterocycles. The fourth-order valence-electron chi connectivity index (χ4n) is 3.72. The lowest BCUT2D eigenvalue weighted by Crippen LogP contribution is -2.49. The van der Waals surface area contributed by atoms with Crippen LogP contribution in [0.25, 0.3) is 0 Å². The van der Waals surface area contributed by atoms with Crippen molar-refractivity contribution in [3.05, 3.63) is 0 Å². The minimum atomic E-state index is 0.0489. The summed E-state index contributed by atoms with van der Waals surface area (Å²) in [6.45, 7) is 2.46. The van der Waals surface area contributed by atoms with Gasteiger partial charge >= 0.3 is 0 Å². The van der Waals surface area contributed by atoms with Gasteiger partial charge in [-0.3, -0.25) is 4.79 Å². The van der Waals surface area contributed by atoms with E-state index in [1.54, 1.807) is 19.0 Å². The Morgan fingerprint density at radius 3 is 2.40 bits per heavy atom. The van der Waals surface area contributed by atoms with Crippen LogP contribution in [0.5, 0.6) is 0 Å². The van der Waals surface area contributed by atoms with Gasteiger partial charge in [0.05, 0.1) is 0 Å². The van der Waals surface area contributed by atoms with E-state index >= 15 is 0 Å². The first-order valence-corrected chi connectivity index (χ1v) is 11.0. The molecule has 0 aromatic carbocycles. The molecule has 0 spiro atoms.